The summed E-state index contributed by atoms with van der Waals surface area (Å²) >= 11 is 0. The Morgan fingerprint density at radius 3 is 1.73 bits per heavy atom. The normalized spacial score (nSPS) is 11.4. The first kappa shape index (κ1) is 14.3. The van der Waals surface area contributed by atoms with Crippen LogP contribution in [0.4, 0.5) is 13.2 Å². The molecule has 0 radical (unpaired) electrons. The molecule has 0 aliphatic heterocycles. The first-order valence-electron chi connectivity index (χ1n) is 6.72. The Labute approximate surface area is 126 Å². The molecule has 3 aromatic rings. The van der Waals surface area contributed by atoms with Crippen molar-refractivity contribution < 1.29 is 13.2 Å². The Balaban J connectivity index is 1.96. The molecule has 2 aromatic carbocycles. The highest BCUT2D eigenvalue weighted by molar-refractivity contribution is 5.71. The van der Waals surface area contributed by atoms with Crippen molar-refractivity contribution in [2.75, 3.05) is 0 Å². The molecule has 22 heavy (non-hydrogen) atoms. The lowest BCUT2D eigenvalue weighted by Gasteiger charge is -2.08. The van der Waals surface area contributed by atoms with Crippen molar-refractivity contribution in [2.24, 2.45) is 0 Å². The molecule has 0 fully saturated rings. The van der Waals surface area contributed by atoms with Gasteiger partial charge in [0.1, 0.15) is 0 Å². The largest absolute Gasteiger partial charge is 0.416 e. The van der Waals surface area contributed by atoms with E-state index in [4.69, 9.17) is 0 Å². The minimum atomic E-state index is -4.32. The van der Waals surface area contributed by atoms with Crippen LogP contribution in [0.3, 0.4) is 0 Å². The lowest BCUT2D eigenvalue weighted by molar-refractivity contribution is -0.137. The molecule has 0 saturated carbocycles. The summed E-state index contributed by atoms with van der Waals surface area (Å²) in [5, 5.41) is 0. The molecule has 0 aliphatic rings. The fraction of sp³-hybridized carbons (Fsp3) is 0.0556. The molecule has 1 nitrogen and oxygen atoms in total. The molecule has 3 rings (SSSR count). The standard InChI is InChI=1S/C18H12F3N/c19-18(20,21)17-8-6-14(7-9-17)16-10-15(11-22-12-16)13-4-2-1-3-5-13/h1-12H. The van der Waals surface area contributed by atoms with Gasteiger partial charge in [0, 0.05) is 23.5 Å². The van der Waals surface area contributed by atoms with E-state index in [0.717, 1.165) is 28.8 Å². The van der Waals surface area contributed by atoms with Crippen LogP contribution in [0, 0.1) is 0 Å². The number of rotatable bonds is 2. The lowest BCUT2D eigenvalue weighted by Crippen LogP contribution is -2.03. The number of benzene rings is 2. The fourth-order valence-electron chi connectivity index (χ4n) is 2.24. The molecule has 1 heterocycles. The maximum Gasteiger partial charge on any atom is 0.416 e. The van der Waals surface area contributed by atoms with E-state index in [-0.39, 0.29) is 0 Å². The average molecular weight is 299 g/mol. The third kappa shape index (κ3) is 3.01. The molecule has 110 valence electrons. The van der Waals surface area contributed by atoms with E-state index in [1.807, 2.05) is 36.4 Å². The van der Waals surface area contributed by atoms with Crippen molar-refractivity contribution in [3.8, 4) is 22.3 Å². The minimum absolute atomic E-state index is 0.650. The predicted molar refractivity (Wildman–Crippen MR) is 80.1 cm³/mol. The Morgan fingerprint density at radius 1 is 0.636 bits per heavy atom. The van der Waals surface area contributed by atoms with Crippen LogP contribution in [0.15, 0.2) is 73.1 Å². The number of alkyl halides is 3. The van der Waals surface area contributed by atoms with Gasteiger partial charge in [-0.05, 0) is 29.3 Å². The molecule has 0 saturated heterocycles. The number of hydrogen-bond donors (Lipinski definition) is 0. The zero-order valence-electron chi connectivity index (χ0n) is 11.5. The molecule has 0 bridgehead atoms. The smallest absolute Gasteiger partial charge is 0.263 e. The number of aromatic nitrogens is 1. The van der Waals surface area contributed by atoms with Crippen LogP contribution in [0.25, 0.3) is 22.3 Å². The second-order valence-corrected chi connectivity index (χ2v) is 4.90. The summed E-state index contributed by atoms with van der Waals surface area (Å²) < 4.78 is 37.8. The predicted octanol–water partition coefficient (Wildman–Crippen LogP) is 5.43. The van der Waals surface area contributed by atoms with Crippen molar-refractivity contribution in [2.45, 2.75) is 6.18 Å². The monoisotopic (exact) mass is 299 g/mol. The minimum Gasteiger partial charge on any atom is -0.263 e. The van der Waals surface area contributed by atoms with Crippen LogP contribution < -0.4 is 0 Å². The van der Waals surface area contributed by atoms with Crippen molar-refractivity contribution >= 4 is 0 Å². The van der Waals surface area contributed by atoms with Crippen molar-refractivity contribution in [3.05, 3.63) is 78.6 Å². The molecule has 4 heteroatoms. The van der Waals surface area contributed by atoms with Crippen LogP contribution in [-0.2, 0) is 6.18 Å². The number of nitrogens with zero attached hydrogens (tertiary/aromatic N) is 1. The van der Waals surface area contributed by atoms with Gasteiger partial charge in [-0.25, -0.2) is 0 Å². The number of hydrogen-bond acceptors (Lipinski definition) is 1. The molecular weight excluding hydrogens is 287 g/mol. The van der Waals surface area contributed by atoms with Gasteiger partial charge in [-0.1, -0.05) is 42.5 Å². The van der Waals surface area contributed by atoms with Crippen LogP contribution in [0.5, 0.6) is 0 Å². The number of halogens is 3. The Morgan fingerprint density at radius 2 is 1.18 bits per heavy atom. The summed E-state index contributed by atoms with van der Waals surface area (Å²) in [7, 11) is 0. The highest BCUT2D eigenvalue weighted by Gasteiger charge is 2.29. The van der Waals surface area contributed by atoms with Crippen LogP contribution in [0.2, 0.25) is 0 Å². The summed E-state index contributed by atoms with van der Waals surface area (Å²) in [5.74, 6) is 0. The Kier molecular flexibility index (Phi) is 3.67. The van der Waals surface area contributed by atoms with Crippen molar-refractivity contribution in [3.63, 3.8) is 0 Å². The molecule has 0 atom stereocenters. The van der Waals surface area contributed by atoms with Gasteiger partial charge in [0.2, 0.25) is 0 Å². The lowest BCUT2D eigenvalue weighted by atomic mass is 10.0. The van der Waals surface area contributed by atoms with Gasteiger partial charge in [0.25, 0.3) is 0 Å². The topological polar surface area (TPSA) is 12.9 Å². The SMILES string of the molecule is FC(F)(F)c1ccc(-c2cncc(-c3ccccc3)c2)cc1. The third-order valence-corrected chi connectivity index (χ3v) is 3.39. The van der Waals surface area contributed by atoms with E-state index in [9.17, 15) is 13.2 Å². The first-order chi connectivity index (χ1) is 10.5. The second-order valence-electron chi connectivity index (χ2n) is 4.90. The van der Waals surface area contributed by atoms with E-state index >= 15 is 0 Å². The van der Waals surface area contributed by atoms with E-state index in [1.54, 1.807) is 12.4 Å². The van der Waals surface area contributed by atoms with E-state index in [0.29, 0.717) is 5.56 Å². The molecule has 0 aliphatic carbocycles. The Bertz CT molecular complexity index is 762. The van der Waals surface area contributed by atoms with Gasteiger partial charge in [0.05, 0.1) is 5.56 Å². The first-order valence-corrected chi connectivity index (χ1v) is 6.72. The van der Waals surface area contributed by atoms with Crippen molar-refractivity contribution in [1.82, 2.24) is 4.98 Å². The summed E-state index contributed by atoms with van der Waals surface area (Å²) in [6.07, 6.45) is -0.930. The van der Waals surface area contributed by atoms with Crippen LogP contribution in [-0.4, -0.2) is 4.98 Å². The maximum absolute atomic E-state index is 12.6. The van der Waals surface area contributed by atoms with E-state index in [1.165, 1.54) is 12.1 Å². The highest BCUT2D eigenvalue weighted by atomic mass is 19.4. The second kappa shape index (κ2) is 5.64. The molecular formula is C18H12F3N. The molecule has 1 aromatic heterocycles. The molecule has 0 spiro atoms. The molecule has 0 unspecified atom stereocenters. The summed E-state index contributed by atoms with van der Waals surface area (Å²) in [6.45, 7) is 0. The van der Waals surface area contributed by atoms with Crippen molar-refractivity contribution in [1.29, 1.82) is 0 Å². The van der Waals surface area contributed by atoms with Gasteiger partial charge >= 0.3 is 6.18 Å². The highest BCUT2D eigenvalue weighted by Crippen LogP contribution is 2.31. The average Bonchev–Trinajstić information content (AvgIpc) is 2.55. The van der Waals surface area contributed by atoms with Gasteiger partial charge in [-0.15, -0.1) is 0 Å². The van der Waals surface area contributed by atoms with Gasteiger partial charge < -0.3 is 0 Å². The van der Waals surface area contributed by atoms with Gasteiger partial charge in [0.15, 0.2) is 0 Å². The quantitative estimate of drug-likeness (QED) is 0.614. The zero-order valence-corrected chi connectivity index (χ0v) is 11.5. The van der Waals surface area contributed by atoms with Gasteiger partial charge in [-0.2, -0.15) is 13.2 Å². The van der Waals surface area contributed by atoms with Gasteiger partial charge in [-0.3, -0.25) is 4.98 Å². The molecule has 0 N–H and O–H groups in total. The van der Waals surface area contributed by atoms with Crippen LogP contribution in [0.1, 0.15) is 5.56 Å². The fourth-order valence-corrected chi connectivity index (χ4v) is 2.24. The summed E-state index contributed by atoms with van der Waals surface area (Å²) in [4.78, 5) is 4.19. The summed E-state index contributed by atoms with van der Waals surface area (Å²) in [6, 6.07) is 16.8. The maximum atomic E-state index is 12.6. The van der Waals surface area contributed by atoms with E-state index in [2.05, 4.69) is 4.98 Å². The van der Waals surface area contributed by atoms with Crippen LogP contribution >= 0.6 is 0 Å². The summed E-state index contributed by atoms with van der Waals surface area (Å²) in [5.41, 5.74) is 2.79. The Hall–Kier alpha value is -2.62. The third-order valence-electron chi connectivity index (χ3n) is 3.39. The molecule has 0 amide bonds. The van der Waals surface area contributed by atoms with E-state index < -0.39 is 11.7 Å². The number of pyridine rings is 1. The zero-order chi connectivity index (χ0) is 15.6.